The van der Waals surface area contributed by atoms with Crippen LogP contribution in [-0.4, -0.2) is 20.2 Å². The number of hydrogen-bond acceptors (Lipinski definition) is 5. The summed E-state index contributed by atoms with van der Waals surface area (Å²) >= 11 is 2.15. The number of benzene rings is 1. The van der Waals surface area contributed by atoms with Gasteiger partial charge < -0.3 is 9.73 Å². The summed E-state index contributed by atoms with van der Waals surface area (Å²) in [6.07, 6.45) is 0. The summed E-state index contributed by atoms with van der Waals surface area (Å²) in [5.74, 6) is 1.64. The maximum Gasteiger partial charge on any atom is 0.181 e. The van der Waals surface area contributed by atoms with Crippen LogP contribution in [0.5, 0.6) is 0 Å². The summed E-state index contributed by atoms with van der Waals surface area (Å²) in [6, 6.07) is 11.9. The Labute approximate surface area is 129 Å². The third-order valence-electron chi connectivity index (χ3n) is 2.84. The molecule has 0 saturated carbocycles. The number of anilines is 1. The van der Waals surface area contributed by atoms with Gasteiger partial charge in [-0.05, 0) is 57.3 Å². The number of nitrogens with zero attached hydrogens (tertiary/aromatic N) is 4. The molecule has 1 N–H and O–H groups in total. The minimum Gasteiger partial charge on any atom is -0.454 e. The highest BCUT2D eigenvalue weighted by atomic mass is 127. The van der Waals surface area contributed by atoms with Gasteiger partial charge in [-0.3, -0.25) is 0 Å². The first-order chi connectivity index (χ1) is 9.72. The van der Waals surface area contributed by atoms with E-state index in [4.69, 9.17) is 4.42 Å². The standard InChI is InChI=1S/C13H12IN5O/c1-19-13(16-17-18-19)9-3-2-4-10(7-9)15-8-11-5-6-12(14)20-11/h2-7,15H,8H2,1H3. The predicted molar refractivity (Wildman–Crippen MR) is 83.0 cm³/mol. The van der Waals surface area contributed by atoms with Crippen LogP contribution < -0.4 is 5.32 Å². The molecule has 2 heterocycles. The molecule has 0 unspecified atom stereocenters. The summed E-state index contributed by atoms with van der Waals surface area (Å²) in [6.45, 7) is 0.642. The normalized spacial score (nSPS) is 10.7. The van der Waals surface area contributed by atoms with Crippen molar-refractivity contribution in [2.24, 2.45) is 7.05 Å². The average Bonchev–Trinajstić information content (AvgIpc) is 3.05. The van der Waals surface area contributed by atoms with E-state index >= 15 is 0 Å². The molecule has 0 aliphatic carbocycles. The van der Waals surface area contributed by atoms with Gasteiger partial charge in [0.25, 0.3) is 0 Å². The molecule has 0 aliphatic rings. The van der Waals surface area contributed by atoms with Crippen LogP contribution >= 0.6 is 22.6 Å². The maximum absolute atomic E-state index is 5.51. The number of rotatable bonds is 4. The van der Waals surface area contributed by atoms with Crippen LogP contribution in [0.15, 0.2) is 40.8 Å². The molecule has 3 aromatic rings. The number of hydrogen-bond donors (Lipinski definition) is 1. The fraction of sp³-hybridized carbons (Fsp3) is 0.154. The van der Waals surface area contributed by atoms with Gasteiger partial charge in [0.05, 0.1) is 6.54 Å². The molecule has 102 valence electrons. The zero-order valence-electron chi connectivity index (χ0n) is 10.7. The highest BCUT2D eigenvalue weighted by molar-refractivity contribution is 14.1. The van der Waals surface area contributed by atoms with Gasteiger partial charge in [-0.25, -0.2) is 4.68 Å². The van der Waals surface area contributed by atoms with E-state index in [2.05, 4.69) is 43.4 Å². The highest BCUT2D eigenvalue weighted by Crippen LogP contribution is 2.20. The Balaban J connectivity index is 1.76. The Kier molecular flexibility index (Phi) is 3.68. The van der Waals surface area contributed by atoms with Crippen LogP contribution in [0.3, 0.4) is 0 Å². The Bertz CT molecular complexity index is 721. The van der Waals surface area contributed by atoms with E-state index in [1.807, 2.05) is 43.4 Å². The fourth-order valence-electron chi connectivity index (χ4n) is 1.88. The summed E-state index contributed by atoms with van der Waals surface area (Å²) < 4.78 is 8.05. The smallest absolute Gasteiger partial charge is 0.181 e. The zero-order chi connectivity index (χ0) is 13.9. The van der Waals surface area contributed by atoms with E-state index in [9.17, 15) is 0 Å². The number of aromatic nitrogens is 4. The molecule has 3 rings (SSSR count). The van der Waals surface area contributed by atoms with E-state index in [-0.39, 0.29) is 0 Å². The molecule has 6 nitrogen and oxygen atoms in total. The lowest BCUT2D eigenvalue weighted by Gasteiger charge is -2.06. The second kappa shape index (κ2) is 5.61. The summed E-state index contributed by atoms with van der Waals surface area (Å²) in [7, 11) is 1.82. The third-order valence-corrected chi connectivity index (χ3v) is 3.42. The van der Waals surface area contributed by atoms with Gasteiger partial charge in [0.1, 0.15) is 5.76 Å². The number of aryl methyl sites for hydroxylation is 1. The van der Waals surface area contributed by atoms with Gasteiger partial charge in [-0.1, -0.05) is 12.1 Å². The summed E-state index contributed by atoms with van der Waals surface area (Å²) in [5.41, 5.74) is 1.97. The summed E-state index contributed by atoms with van der Waals surface area (Å²) in [4.78, 5) is 0. The molecule has 0 amide bonds. The quantitative estimate of drug-likeness (QED) is 0.704. The van der Waals surface area contributed by atoms with Crippen molar-refractivity contribution in [3.8, 4) is 11.4 Å². The molecule has 0 atom stereocenters. The van der Waals surface area contributed by atoms with Crippen molar-refractivity contribution < 1.29 is 4.42 Å². The molecule has 20 heavy (non-hydrogen) atoms. The molecular weight excluding hydrogens is 369 g/mol. The van der Waals surface area contributed by atoms with Gasteiger partial charge in [0.15, 0.2) is 9.59 Å². The lowest BCUT2D eigenvalue weighted by Crippen LogP contribution is -1.99. The van der Waals surface area contributed by atoms with Crippen LogP contribution in [0.1, 0.15) is 5.76 Å². The van der Waals surface area contributed by atoms with Crippen molar-refractivity contribution in [1.29, 1.82) is 0 Å². The Hall–Kier alpha value is -1.90. The van der Waals surface area contributed by atoms with E-state index in [0.717, 1.165) is 26.6 Å². The van der Waals surface area contributed by atoms with Gasteiger partial charge in [-0.15, -0.1) is 5.10 Å². The molecule has 2 aromatic heterocycles. The molecule has 0 saturated heterocycles. The lowest BCUT2D eigenvalue weighted by atomic mass is 10.2. The first-order valence-electron chi connectivity index (χ1n) is 6.03. The van der Waals surface area contributed by atoms with Crippen LogP contribution in [0.2, 0.25) is 0 Å². The molecule has 7 heteroatoms. The number of halogens is 1. The minimum absolute atomic E-state index is 0.642. The van der Waals surface area contributed by atoms with E-state index in [1.165, 1.54) is 0 Å². The van der Waals surface area contributed by atoms with Crippen LogP contribution in [-0.2, 0) is 13.6 Å². The number of furan rings is 1. The Morgan fingerprint density at radius 3 is 2.90 bits per heavy atom. The van der Waals surface area contributed by atoms with E-state index < -0.39 is 0 Å². The van der Waals surface area contributed by atoms with Crippen molar-refractivity contribution in [2.75, 3.05) is 5.32 Å². The fourth-order valence-corrected chi connectivity index (χ4v) is 2.34. The second-order valence-electron chi connectivity index (χ2n) is 4.27. The predicted octanol–water partition coefficient (Wildman–Crippen LogP) is 2.69. The van der Waals surface area contributed by atoms with Gasteiger partial charge >= 0.3 is 0 Å². The molecular formula is C13H12IN5O. The van der Waals surface area contributed by atoms with Gasteiger partial charge in [0.2, 0.25) is 0 Å². The van der Waals surface area contributed by atoms with Crippen LogP contribution in [0.25, 0.3) is 11.4 Å². The van der Waals surface area contributed by atoms with E-state index in [1.54, 1.807) is 4.68 Å². The monoisotopic (exact) mass is 381 g/mol. The largest absolute Gasteiger partial charge is 0.454 e. The Morgan fingerprint density at radius 1 is 1.30 bits per heavy atom. The molecule has 1 aromatic carbocycles. The maximum atomic E-state index is 5.51. The Morgan fingerprint density at radius 2 is 2.20 bits per heavy atom. The number of tetrazole rings is 1. The molecule has 0 fully saturated rings. The molecule has 0 spiro atoms. The third kappa shape index (κ3) is 2.82. The van der Waals surface area contributed by atoms with Crippen molar-refractivity contribution in [3.05, 3.63) is 45.9 Å². The highest BCUT2D eigenvalue weighted by Gasteiger charge is 2.06. The first kappa shape index (κ1) is 13.1. The minimum atomic E-state index is 0.642. The van der Waals surface area contributed by atoms with Crippen LogP contribution in [0.4, 0.5) is 5.69 Å². The summed E-state index contributed by atoms with van der Waals surface area (Å²) in [5, 5.41) is 14.8. The van der Waals surface area contributed by atoms with Gasteiger partial charge in [0, 0.05) is 18.3 Å². The SMILES string of the molecule is Cn1nnnc1-c1cccc(NCc2ccc(I)o2)c1. The zero-order valence-corrected chi connectivity index (χ0v) is 12.9. The van der Waals surface area contributed by atoms with Crippen molar-refractivity contribution in [1.82, 2.24) is 20.2 Å². The van der Waals surface area contributed by atoms with E-state index in [0.29, 0.717) is 6.54 Å². The topological polar surface area (TPSA) is 68.8 Å². The lowest BCUT2D eigenvalue weighted by molar-refractivity contribution is 0.493. The second-order valence-corrected chi connectivity index (χ2v) is 5.33. The molecule has 0 bridgehead atoms. The average molecular weight is 381 g/mol. The van der Waals surface area contributed by atoms with Crippen molar-refractivity contribution >= 4 is 28.3 Å². The van der Waals surface area contributed by atoms with Gasteiger partial charge in [-0.2, -0.15) is 0 Å². The van der Waals surface area contributed by atoms with Crippen molar-refractivity contribution in [3.63, 3.8) is 0 Å². The van der Waals surface area contributed by atoms with Crippen LogP contribution in [0, 0.1) is 3.77 Å². The number of nitrogens with one attached hydrogen (secondary N) is 1. The van der Waals surface area contributed by atoms with Crippen molar-refractivity contribution in [2.45, 2.75) is 6.54 Å². The first-order valence-corrected chi connectivity index (χ1v) is 7.11. The molecule has 0 aliphatic heterocycles. The molecule has 0 radical (unpaired) electrons.